The van der Waals surface area contributed by atoms with Crippen LogP contribution in [0.1, 0.15) is 32.6 Å². The Kier molecular flexibility index (Phi) is 4.59. The van der Waals surface area contributed by atoms with Crippen LogP contribution in [0, 0.1) is 11.8 Å². The van der Waals surface area contributed by atoms with E-state index in [0.29, 0.717) is 6.54 Å². The van der Waals surface area contributed by atoms with Crippen molar-refractivity contribution in [3.05, 3.63) is 0 Å². The van der Waals surface area contributed by atoms with Crippen LogP contribution >= 0.6 is 0 Å². The lowest BCUT2D eigenvalue weighted by atomic mass is 9.78. The summed E-state index contributed by atoms with van der Waals surface area (Å²) in [6, 6.07) is 0. The van der Waals surface area contributed by atoms with Gasteiger partial charge < -0.3 is 10.6 Å². The molecule has 1 fully saturated rings. The highest BCUT2D eigenvalue weighted by Crippen LogP contribution is 2.30. The van der Waals surface area contributed by atoms with Crippen molar-refractivity contribution in [3.63, 3.8) is 0 Å². The largest absolute Gasteiger partial charge is 0.359 e. The number of hydrogen-bond donors (Lipinski definition) is 2. The van der Waals surface area contributed by atoms with Crippen LogP contribution < -0.4 is 10.6 Å². The van der Waals surface area contributed by atoms with E-state index in [2.05, 4.69) is 10.6 Å². The van der Waals surface area contributed by atoms with Gasteiger partial charge in [0.25, 0.3) is 0 Å². The highest BCUT2D eigenvalue weighted by molar-refractivity contribution is 5.87. The lowest BCUT2D eigenvalue weighted by Crippen LogP contribution is -2.42. The summed E-state index contributed by atoms with van der Waals surface area (Å²) in [4.78, 5) is 23.3. The Labute approximate surface area is 90.8 Å². The SMILES string of the molecule is CCNC(=O)C1CCCCC1C(=O)NC. The molecule has 2 N–H and O–H groups in total. The van der Waals surface area contributed by atoms with Crippen molar-refractivity contribution in [2.75, 3.05) is 13.6 Å². The zero-order valence-electron chi connectivity index (χ0n) is 9.51. The van der Waals surface area contributed by atoms with Crippen LogP contribution in [0.5, 0.6) is 0 Å². The van der Waals surface area contributed by atoms with Gasteiger partial charge in [0.2, 0.25) is 11.8 Å². The summed E-state index contributed by atoms with van der Waals surface area (Å²) in [5.41, 5.74) is 0. The summed E-state index contributed by atoms with van der Waals surface area (Å²) < 4.78 is 0. The van der Waals surface area contributed by atoms with Gasteiger partial charge in [0, 0.05) is 25.4 Å². The molecule has 0 aromatic carbocycles. The summed E-state index contributed by atoms with van der Waals surface area (Å²) in [5, 5.41) is 5.45. The fourth-order valence-electron chi connectivity index (χ4n) is 2.25. The van der Waals surface area contributed by atoms with Crippen molar-refractivity contribution in [2.45, 2.75) is 32.6 Å². The maximum atomic E-state index is 11.7. The van der Waals surface area contributed by atoms with Crippen molar-refractivity contribution in [2.24, 2.45) is 11.8 Å². The molecule has 0 heterocycles. The van der Waals surface area contributed by atoms with Crippen molar-refractivity contribution in [1.82, 2.24) is 10.6 Å². The fourth-order valence-corrected chi connectivity index (χ4v) is 2.25. The van der Waals surface area contributed by atoms with Gasteiger partial charge in [0.05, 0.1) is 0 Å². The first-order valence-electron chi connectivity index (χ1n) is 5.70. The highest BCUT2D eigenvalue weighted by Gasteiger charge is 2.34. The molecule has 0 bridgehead atoms. The number of carbonyl (C=O) groups excluding carboxylic acids is 2. The summed E-state index contributed by atoms with van der Waals surface area (Å²) in [6.07, 6.45) is 3.77. The number of amides is 2. The van der Waals surface area contributed by atoms with Crippen LogP contribution in [0.2, 0.25) is 0 Å². The van der Waals surface area contributed by atoms with Gasteiger partial charge in [-0.05, 0) is 19.8 Å². The van der Waals surface area contributed by atoms with Gasteiger partial charge in [-0.25, -0.2) is 0 Å². The van der Waals surface area contributed by atoms with Crippen LogP contribution in [0.15, 0.2) is 0 Å². The quantitative estimate of drug-likeness (QED) is 0.722. The monoisotopic (exact) mass is 212 g/mol. The van der Waals surface area contributed by atoms with Crippen molar-refractivity contribution in [1.29, 1.82) is 0 Å². The molecule has 1 rings (SSSR count). The van der Waals surface area contributed by atoms with Gasteiger partial charge >= 0.3 is 0 Å². The Bertz CT molecular complexity index is 241. The molecule has 0 spiro atoms. The first kappa shape index (κ1) is 12.0. The molecule has 0 aliphatic heterocycles. The van der Waals surface area contributed by atoms with Crippen LogP contribution in [0.3, 0.4) is 0 Å². The van der Waals surface area contributed by atoms with Crippen molar-refractivity contribution < 1.29 is 9.59 Å². The Morgan fingerprint density at radius 1 is 1.13 bits per heavy atom. The first-order chi connectivity index (χ1) is 7.20. The molecular formula is C11H20N2O2. The second kappa shape index (κ2) is 5.73. The summed E-state index contributed by atoms with van der Waals surface area (Å²) in [6.45, 7) is 2.53. The molecule has 4 heteroatoms. The lowest BCUT2D eigenvalue weighted by molar-refractivity contribution is -0.136. The summed E-state index contributed by atoms with van der Waals surface area (Å²) >= 11 is 0. The third-order valence-electron chi connectivity index (χ3n) is 3.04. The average molecular weight is 212 g/mol. The minimum atomic E-state index is -0.129. The van der Waals surface area contributed by atoms with E-state index in [4.69, 9.17) is 0 Å². The molecule has 0 saturated heterocycles. The summed E-state index contributed by atoms with van der Waals surface area (Å²) in [7, 11) is 1.63. The molecule has 1 aliphatic rings. The van der Waals surface area contributed by atoms with Gasteiger partial charge in [-0.2, -0.15) is 0 Å². The first-order valence-corrected chi connectivity index (χ1v) is 5.70. The fraction of sp³-hybridized carbons (Fsp3) is 0.818. The Morgan fingerprint density at radius 3 is 2.13 bits per heavy atom. The van der Waals surface area contributed by atoms with Crippen LogP contribution in [-0.4, -0.2) is 25.4 Å². The van der Waals surface area contributed by atoms with Gasteiger partial charge in [0.15, 0.2) is 0 Å². The van der Waals surface area contributed by atoms with Crippen LogP contribution in [0.25, 0.3) is 0 Å². The Morgan fingerprint density at radius 2 is 1.67 bits per heavy atom. The van der Waals surface area contributed by atoms with E-state index in [1.165, 1.54) is 0 Å². The van der Waals surface area contributed by atoms with E-state index in [1.54, 1.807) is 7.05 Å². The van der Waals surface area contributed by atoms with Crippen molar-refractivity contribution >= 4 is 11.8 Å². The normalized spacial score (nSPS) is 25.7. The number of rotatable bonds is 3. The van der Waals surface area contributed by atoms with Crippen LogP contribution in [0.4, 0.5) is 0 Å². The predicted octanol–water partition coefficient (Wildman–Crippen LogP) is 0.675. The van der Waals surface area contributed by atoms with E-state index in [0.717, 1.165) is 25.7 Å². The second-order valence-electron chi connectivity index (χ2n) is 4.01. The van der Waals surface area contributed by atoms with E-state index < -0.39 is 0 Å². The molecule has 4 nitrogen and oxygen atoms in total. The molecular weight excluding hydrogens is 192 g/mol. The Balaban J connectivity index is 2.65. The zero-order chi connectivity index (χ0) is 11.3. The topological polar surface area (TPSA) is 58.2 Å². The molecule has 0 radical (unpaired) electrons. The van der Waals surface area contributed by atoms with Gasteiger partial charge in [0.1, 0.15) is 0 Å². The smallest absolute Gasteiger partial charge is 0.223 e. The van der Waals surface area contributed by atoms with Crippen LogP contribution in [-0.2, 0) is 9.59 Å². The third-order valence-corrected chi connectivity index (χ3v) is 3.04. The number of nitrogens with one attached hydrogen (secondary N) is 2. The maximum absolute atomic E-state index is 11.7. The summed E-state index contributed by atoms with van der Waals surface area (Å²) in [5.74, 6) is -0.217. The molecule has 86 valence electrons. The standard InChI is InChI=1S/C11H20N2O2/c1-3-13-11(15)9-7-5-4-6-8(9)10(14)12-2/h8-9H,3-7H2,1-2H3,(H,12,14)(H,13,15). The van der Waals surface area contributed by atoms with Crippen molar-refractivity contribution in [3.8, 4) is 0 Å². The molecule has 0 aromatic heterocycles. The molecule has 2 amide bonds. The minimum absolute atomic E-state index is 0.00551. The molecule has 2 unspecified atom stereocenters. The highest BCUT2D eigenvalue weighted by atomic mass is 16.2. The zero-order valence-corrected chi connectivity index (χ0v) is 9.51. The molecule has 1 aliphatic carbocycles. The van der Waals surface area contributed by atoms with Gasteiger partial charge in [-0.15, -0.1) is 0 Å². The van der Waals surface area contributed by atoms with E-state index in [9.17, 15) is 9.59 Å². The number of carbonyl (C=O) groups is 2. The van der Waals surface area contributed by atoms with E-state index in [-0.39, 0.29) is 23.7 Å². The van der Waals surface area contributed by atoms with Gasteiger partial charge in [-0.3, -0.25) is 9.59 Å². The third kappa shape index (κ3) is 2.94. The molecule has 1 saturated carbocycles. The minimum Gasteiger partial charge on any atom is -0.359 e. The molecule has 15 heavy (non-hydrogen) atoms. The maximum Gasteiger partial charge on any atom is 0.223 e. The van der Waals surface area contributed by atoms with E-state index >= 15 is 0 Å². The second-order valence-corrected chi connectivity index (χ2v) is 4.01. The molecule has 2 atom stereocenters. The predicted molar refractivity (Wildman–Crippen MR) is 58.2 cm³/mol. The molecule has 0 aromatic rings. The average Bonchev–Trinajstić information content (AvgIpc) is 2.28. The van der Waals surface area contributed by atoms with E-state index in [1.807, 2.05) is 6.92 Å². The number of hydrogen-bond acceptors (Lipinski definition) is 2. The lowest BCUT2D eigenvalue weighted by Gasteiger charge is -2.28. The Hall–Kier alpha value is -1.06. The van der Waals surface area contributed by atoms with Gasteiger partial charge in [-0.1, -0.05) is 12.8 Å².